The first-order valence-electron chi connectivity index (χ1n) is 6.69. The van der Waals surface area contributed by atoms with Crippen molar-refractivity contribution in [3.05, 3.63) is 29.3 Å². The SMILES string of the molecule is CCNC(=S)N1CCCC1c1nc2ccccc2s1. The number of thiocarbonyl (C=S) groups is 1. The smallest absolute Gasteiger partial charge is 0.169 e. The van der Waals surface area contributed by atoms with Crippen LogP contribution in [0.15, 0.2) is 24.3 Å². The van der Waals surface area contributed by atoms with E-state index in [1.807, 2.05) is 6.07 Å². The van der Waals surface area contributed by atoms with E-state index in [-0.39, 0.29) is 0 Å². The molecule has 5 heteroatoms. The van der Waals surface area contributed by atoms with Gasteiger partial charge in [0.15, 0.2) is 5.11 Å². The molecule has 100 valence electrons. The van der Waals surface area contributed by atoms with Crippen LogP contribution in [0.5, 0.6) is 0 Å². The van der Waals surface area contributed by atoms with E-state index in [0.717, 1.165) is 30.1 Å². The fourth-order valence-corrected chi connectivity index (χ4v) is 4.03. The Bertz CT molecular complexity index is 560. The van der Waals surface area contributed by atoms with Crippen LogP contribution in [-0.2, 0) is 0 Å². The molecule has 1 fully saturated rings. The molecule has 1 aliphatic rings. The second-order valence-electron chi connectivity index (χ2n) is 4.71. The first kappa shape index (κ1) is 12.8. The molecule has 1 atom stereocenters. The Kier molecular flexibility index (Phi) is 3.66. The quantitative estimate of drug-likeness (QED) is 0.859. The molecule has 1 aliphatic heterocycles. The van der Waals surface area contributed by atoms with Crippen molar-refractivity contribution in [3.8, 4) is 0 Å². The lowest BCUT2D eigenvalue weighted by molar-refractivity contribution is 0.394. The number of benzene rings is 1. The summed E-state index contributed by atoms with van der Waals surface area (Å²) >= 11 is 7.26. The molecular weight excluding hydrogens is 274 g/mol. The lowest BCUT2D eigenvalue weighted by atomic mass is 10.2. The van der Waals surface area contributed by atoms with Crippen LogP contribution >= 0.6 is 23.6 Å². The molecule has 0 aliphatic carbocycles. The van der Waals surface area contributed by atoms with E-state index in [2.05, 4.69) is 35.3 Å². The standard InChI is InChI=1S/C14H17N3S2/c1-2-15-14(18)17-9-5-7-11(17)13-16-10-6-3-4-8-12(10)19-13/h3-4,6,8,11H,2,5,7,9H2,1H3,(H,15,18). The summed E-state index contributed by atoms with van der Waals surface area (Å²) in [4.78, 5) is 7.07. The summed E-state index contributed by atoms with van der Waals surface area (Å²) in [5, 5.41) is 5.31. The molecule has 19 heavy (non-hydrogen) atoms. The molecule has 2 heterocycles. The van der Waals surface area contributed by atoms with Crippen LogP contribution in [-0.4, -0.2) is 28.1 Å². The molecule has 0 saturated carbocycles. The molecule has 1 saturated heterocycles. The normalized spacial score (nSPS) is 19.0. The van der Waals surface area contributed by atoms with Gasteiger partial charge in [0.05, 0.1) is 16.3 Å². The van der Waals surface area contributed by atoms with Crippen molar-refractivity contribution in [2.45, 2.75) is 25.8 Å². The first-order chi connectivity index (χ1) is 9.29. The predicted octanol–water partition coefficient (Wildman–Crippen LogP) is 3.33. The van der Waals surface area contributed by atoms with Crippen LogP contribution in [0.1, 0.15) is 30.8 Å². The minimum absolute atomic E-state index is 0.351. The van der Waals surface area contributed by atoms with E-state index in [1.54, 1.807) is 11.3 Å². The van der Waals surface area contributed by atoms with E-state index in [9.17, 15) is 0 Å². The van der Waals surface area contributed by atoms with Gasteiger partial charge in [0.1, 0.15) is 5.01 Å². The lowest BCUT2D eigenvalue weighted by Gasteiger charge is -2.25. The van der Waals surface area contributed by atoms with Gasteiger partial charge in [-0.2, -0.15) is 0 Å². The number of rotatable bonds is 2. The molecular formula is C14H17N3S2. The summed E-state index contributed by atoms with van der Waals surface area (Å²) in [5.41, 5.74) is 1.10. The second kappa shape index (κ2) is 5.43. The fraction of sp³-hybridized carbons (Fsp3) is 0.429. The average molecular weight is 291 g/mol. The number of nitrogens with zero attached hydrogens (tertiary/aromatic N) is 2. The van der Waals surface area contributed by atoms with Gasteiger partial charge in [0, 0.05) is 13.1 Å². The van der Waals surface area contributed by atoms with Gasteiger partial charge in [-0.3, -0.25) is 0 Å². The molecule has 0 radical (unpaired) electrons. The third kappa shape index (κ3) is 2.44. The molecule has 1 aromatic heterocycles. The monoisotopic (exact) mass is 291 g/mol. The Morgan fingerprint density at radius 1 is 1.53 bits per heavy atom. The fourth-order valence-electron chi connectivity index (χ4n) is 2.55. The third-order valence-corrected chi connectivity index (χ3v) is 4.95. The van der Waals surface area contributed by atoms with Crippen LogP contribution < -0.4 is 5.32 Å². The largest absolute Gasteiger partial charge is 0.363 e. The molecule has 3 rings (SSSR count). The summed E-state index contributed by atoms with van der Waals surface area (Å²) in [6.45, 7) is 3.99. The van der Waals surface area contributed by atoms with Crippen LogP contribution in [0, 0.1) is 0 Å². The molecule has 0 bridgehead atoms. The van der Waals surface area contributed by atoms with Crippen LogP contribution in [0.2, 0.25) is 0 Å². The van der Waals surface area contributed by atoms with Gasteiger partial charge in [-0.05, 0) is 44.1 Å². The zero-order chi connectivity index (χ0) is 13.2. The van der Waals surface area contributed by atoms with Crippen LogP contribution in [0.4, 0.5) is 0 Å². The summed E-state index contributed by atoms with van der Waals surface area (Å²) in [6.07, 6.45) is 2.33. The van der Waals surface area contributed by atoms with Gasteiger partial charge >= 0.3 is 0 Å². The Labute approximate surface area is 122 Å². The van der Waals surface area contributed by atoms with Gasteiger partial charge in [-0.25, -0.2) is 4.98 Å². The minimum atomic E-state index is 0.351. The molecule has 2 aromatic rings. The highest BCUT2D eigenvalue weighted by atomic mass is 32.1. The van der Waals surface area contributed by atoms with E-state index in [0.29, 0.717) is 6.04 Å². The van der Waals surface area contributed by atoms with Crippen molar-refractivity contribution in [2.24, 2.45) is 0 Å². The van der Waals surface area contributed by atoms with Crippen molar-refractivity contribution >= 4 is 38.9 Å². The van der Waals surface area contributed by atoms with E-state index >= 15 is 0 Å². The third-order valence-electron chi connectivity index (χ3n) is 3.44. The summed E-state index contributed by atoms with van der Waals surface area (Å²) in [6, 6.07) is 8.68. The number of para-hydroxylation sites is 1. The number of hydrogen-bond acceptors (Lipinski definition) is 3. The number of nitrogens with one attached hydrogen (secondary N) is 1. The van der Waals surface area contributed by atoms with Crippen molar-refractivity contribution in [2.75, 3.05) is 13.1 Å². The highest BCUT2D eigenvalue weighted by Gasteiger charge is 2.30. The number of fused-ring (bicyclic) bond motifs is 1. The van der Waals surface area contributed by atoms with Crippen molar-refractivity contribution in [1.82, 2.24) is 15.2 Å². The number of aromatic nitrogens is 1. The summed E-state index contributed by atoms with van der Waals surface area (Å²) in [5.74, 6) is 0. The average Bonchev–Trinajstić information content (AvgIpc) is 3.05. The zero-order valence-corrected chi connectivity index (χ0v) is 12.6. The van der Waals surface area contributed by atoms with E-state index in [1.165, 1.54) is 16.1 Å². The molecule has 0 amide bonds. The van der Waals surface area contributed by atoms with E-state index in [4.69, 9.17) is 17.2 Å². The van der Waals surface area contributed by atoms with Crippen molar-refractivity contribution in [3.63, 3.8) is 0 Å². The molecule has 0 spiro atoms. The van der Waals surface area contributed by atoms with Gasteiger partial charge in [0.25, 0.3) is 0 Å². The molecule has 1 N–H and O–H groups in total. The highest BCUT2D eigenvalue weighted by molar-refractivity contribution is 7.80. The second-order valence-corrected chi connectivity index (χ2v) is 6.16. The maximum absolute atomic E-state index is 5.46. The Balaban J connectivity index is 1.89. The maximum atomic E-state index is 5.46. The number of likely N-dealkylation sites (tertiary alicyclic amines) is 1. The van der Waals surface area contributed by atoms with Crippen molar-refractivity contribution in [1.29, 1.82) is 0 Å². The Hall–Kier alpha value is -1.20. The van der Waals surface area contributed by atoms with Crippen molar-refractivity contribution < 1.29 is 0 Å². The highest BCUT2D eigenvalue weighted by Crippen LogP contribution is 2.36. The van der Waals surface area contributed by atoms with Gasteiger partial charge in [0.2, 0.25) is 0 Å². The van der Waals surface area contributed by atoms with E-state index < -0.39 is 0 Å². The Morgan fingerprint density at radius 3 is 3.16 bits per heavy atom. The van der Waals surface area contributed by atoms with Gasteiger partial charge in [-0.15, -0.1) is 11.3 Å². The van der Waals surface area contributed by atoms with Crippen LogP contribution in [0.25, 0.3) is 10.2 Å². The topological polar surface area (TPSA) is 28.2 Å². The summed E-state index contributed by atoms with van der Waals surface area (Å²) in [7, 11) is 0. The first-order valence-corrected chi connectivity index (χ1v) is 7.92. The van der Waals surface area contributed by atoms with Gasteiger partial charge < -0.3 is 10.2 Å². The van der Waals surface area contributed by atoms with Gasteiger partial charge in [-0.1, -0.05) is 12.1 Å². The number of hydrogen-bond donors (Lipinski definition) is 1. The Morgan fingerprint density at radius 2 is 2.37 bits per heavy atom. The molecule has 1 aromatic carbocycles. The zero-order valence-electron chi connectivity index (χ0n) is 10.9. The molecule has 1 unspecified atom stereocenters. The number of thiazole rings is 1. The minimum Gasteiger partial charge on any atom is -0.363 e. The van der Waals surface area contributed by atoms with Crippen LogP contribution in [0.3, 0.4) is 0 Å². The lowest BCUT2D eigenvalue weighted by Crippen LogP contribution is -2.39. The summed E-state index contributed by atoms with van der Waals surface area (Å²) < 4.78 is 1.26. The predicted molar refractivity (Wildman–Crippen MR) is 84.6 cm³/mol. The molecule has 3 nitrogen and oxygen atoms in total. The maximum Gasteiger partial charge on any atom is 0.169 e.